The number of carbonyl (C=O) groups excluding carboxylic acids is 1. The number of methoxy groups -OCH3 is 2. The molecule has 8 heteroatoms. The summed E-state index contributed by atoms with van der Waals surface area (Å²) < 4.78 is 22.5. The Bertz CT molecular complexity index is 1380. The molecule has 0 radical (unpaired) electrons. The van der Waals surface area contributed by atoms with Gasteiger partial charge in [0.15, 0.2) is 23.0 Å². The van der Waals surface area contributed by atoms with Crippen molar-refractivity contribution < 1.29 is 23.7 Å². The van der Waals surface area contributed by atoms with E-state index >= 15 is 0 Å². The van der Waals surface area contributed by atoms with Crippen LogP contribution in [0.3, 0.4) is 0 Å². The van der Waals surface area contributed by atoms with E-state index in [0.717, 1.165) is 35.8 Å². The highest BCUT2D eigenvalue weighted by atomic mass is 16.6. The van der Waals surface area contributed by atoms with E-state index in [1.165, 1.54) is 0 Å². The van der Waals surface area contributed by atoms with Gasteiger partial charge in [-0.05, 0) is 54.7 Å². The van der Waals surface area contributed by atoms with E-state index in [9.17, 15) is 9.59 Å². The molecule has 3 heterocycles. The van der Waals surface area contributed by atoms with Gasteiger partial charge in [-0.25, -0.2) is 0 Å². The van der Waals surface area contributed by atoms with Crippen molar-refractivity contribution in [2.45, 2.75) is 31.7 Å². The molecule has 3 aliphatic rings. The molecule has 3 aromatic rings. The maximum Gasteiger partial charge on any atom is 0.254 e. The summed E-state index contributed by atoms with van der Waals surface area (Å²) in [5, 5.41) is 0.826. The molecule has 1 atom stereocenters. The monoisotopic (exact) mass is 476 g/mol. The fourth-order valence-corrected chi connectivity index (χ4v) is 5.37. The van der Waals surface area contributed by atoms with Crippen molar-refractivity contribution in [3.8, 4) is 23.0 Å². The van der Waals surface area contributed by atoms with Crippen LogP contribution < -0.4 is 24.5 Å². The molecular formula is C27H28N2O6. The minimum Gasteiger partial charge on any atom is -0.493 e. The van der Waals surface area contributed by atoms with Crippen LogP contribution in [0.15, 0.2) is 35.1 Å². The van der Waals surface area contributed by atoms with Crippen LogP contribution in [0, 0.1) is 5.92 Å². The lowest BCUT2D eigenvalue weighted by Gasteiger charge is -2.41. The lowest BCUT2D eigenvalue weighted by atomic mass is 9.81. The maximum atomic E-state index is 13.5. The molecule has 1 aliphatic carbocycles. The number of fused-ring (bicyclic) bond motifs is 3. The summed E-state index contributed by atoms with van der Waals surface area (Å²) in [6.07, 6.45) is 3.56. The number of hydrogen-bond acceptors (Lipinski definition) is 6. The number of aromatic nitrogens is 1. The van der Waals surface area contributed by atoms with Crippen molar-refractivity contribution in [3.63, 3.8) is 0 Å². The van der Waals surface area contributed by atoms with E-state index in [1.807, 2.05) is 29.2 Å². The normalized spacial score (nSPS) is 19.1. The summed E-state index contributed by atoms with van der Waals surface area (Å²) in [7, 11) is 3.20. The van der Waals surface area contributed by atoms with E-state index in [2.05, 4.69) is 4.98 Å². The molecule has 1 N–H and O–H groups in total. The van der Waals surface area contributed by atoms with E-state index in [1.54, 1.807) is 20.3 Å². The number of amides is 1. The Hall–Kier alpha value is -3.68. The van der Waals surface area contributed by atoms with Crippen LogP contribution in [0.5, 0.6) is 23.0 Å². The SMILES string of the molecule is COc1cc2c(cc1OC)[C@H](c1cc3cc4c(cc3[nH]c1=O)OCCO4)N(C(=O)C1CCC1)CC2. The molecule has 0 unspecified atom stereocenters. The highest BCUT2D eigenvalue weighted by molar-refractivity contribution is 5.84. The smallest absolute Gasteiger partial charge is 0.254 e. The van der Waals surface area contributed by atoms with Crippen molar-refractivity contribution in [2.24, 2.45) is 5.92 Å². The third-order valence-corrected chi connectivity index (χ3v) is 7.44. The standard InChI is InChI=1S/C27H28N2O6/c1-32-21-11-16-6-7-29(27(31)15-4-3-5-15)25(18(16)13-22(21)33-2)19-10-17-12-23-24(35-9-8-34-23)14-20(17)28-26(19)30/h10-15,25H,3-9H2,1-2H3,(H,28,30)/t25-/m1/s1. The van der Waals surface area contributed by atoms with Crippen molar-refractivity contribution in [1.82, 2.24) is 9.88 Å². The van der Waals surface area contributed by atoms with E-state index < -0.39 is 6.04 Å². The number of ether oxygens (including phenoxy) is 4. The van der Waals surface area contributed by atoms with Gasteiger partial charge in [0.2, 0.25) is 5.91 Å². The van der Waals surface area contributed by atoms with Crippen LogP contribution in [0.2, 0.25) is 0 Å². The third-order valence-electron chi connectivity index (χ3n) is 7.44. The number of nitrogens with one attached hydrogen (secondary N) is 1. The quantitative estimate of drug-likeness (QED) is 0.619. The zero-order chi connectivity index (χ0) is 24.1. The van der Waals surface area contributed by atoms with Crippen LogP contribution in [0.25, 0.3) is 10.9 Å². The highest BCUT2D eigenvalue weighted by Gasteiger charge is 2.39. The number of rotatable bonds is 4. The first kappa shape index (κ1) is 21.8. The van der Waals surface area contributed by atoms with Gasteiger partial charge in [0.05, 0.1) is 25.8 Å². The van der Waals surface area contributed by atoms with Gasteiger partial charge in [-0.2, -0.15) is 0 Å². The molecule has 2 aliphatic heterocycles. The maximum absolute atomic E-state index is 13.5. The Kier molecular flexibility index (Phi) is 5.31. The Balaban J connectivity index is 1.53. The number of hydrogen-bond donors (Lipinski definition) is 1. The lowest BCUT2D eigenvalue weighted by molar-refractivity contribution is -0.140. The summed E-state index contributed by atoms with van der Waals surface area (Å²) in [4.78, 5) is 31.9. The van der Waals surface area contributed by atoms with Crippen molar-refractivity contribution in [3.05, 3.63) is 57.4 Å². The van der Waals surface area contributed by atoms with Crippen molar-refractivity contribution in [2.75, 3.05) is 34.0 Å². The molecule has 182 valence electrons. The fourth-order valence-electron chi connectivity index (χ4n) is 5.37. The number of carbonyl (C=O) groups is 1. The highest BCUT2D eigenvalue weighted by Crippen LogP contribution is 2.43. The van der Waals surface area contributed by atoms with Crippen LogP contribution >= 0.6 is 0 Å². The second-order valence-electron chi connectivity index (χ2n) is 9.35. The zero-order valence-electron chi connectivity index (χ0n) is 19.9. The molecule has 1 amide bonds. The molecule has 0 bridgehead atoms. The number of H-pyrrole nitrogens is 1. The van der Waals surface area contributed by atoms with Gasteiger partial charge in [0, 0.05) is 29.5 Å². The first-order chi connectivity index (χ1) is 17.1. The van der Waals surface area contributed by atoms with Gasteiger partial charge in [-0.15, -0.1) is 0 Å². The zero-order valence-corrected chi connectivity index (χ0v) is 19.9. The summed E-state index contributed by atoms with van der Waals surface area (Å²) in [5.41, 5.74) is 2.91. The third kappa shape index (κ3) is 3.59. The molecule has 1 fully saturated rings. The second-order valence-corrected chi connectivity index (χ2v) is 9.35. The molecule has 6 rings (SSSR count). The number of benzene rings is 2. The van der Waals surface area contributed by atoms with E-state index in [-0.39, 0.29) is 17.4 Å². The Morgan fingerprint density at radius 1 is 0.971 bits per heavy atom. The Morgan fingerprint density at radius 2 is 1.69 bits per heavy atom. The lowest BCUT2D eigenvalue weighted by Crippen LogP contribution is -2.46. The van der Waals surface area contributed by atoms with Gasteiger partial charge < -0.3 is 28.8 Å². The van der Waals surface area contributed by atoms with Crippen LogP contribution in [-0.2, 0) is 11.2 Å². The average Bonchev–Trinajstić information content (AvgIpc) is 2.84. The fraction of sp³-hybridized carbons (Fsp3) is 0.407. The molecular weight excluding hydrogens is 448 g/mol. The van der Waals surface area contributed by atoms with Crippen molar-refractivity contribution >= 4 is 16.8 Å². The molecule has 35 heavy (non-hydrogen) atoms. The first-order valence-electron chi connectivity index (χ1n) is 12.1. The van der Waals surface area contributed by atoms with Crippen LogP contribution in [-0.4, -0.2) is 49.8 Å². The van der Waals surface area contributed by atoms with Crippen molar-refractivity contribution in [1.29, 1.82) is 0 Å². The molecule has 2 aromatic carbocycles. The minimum atomic E-state index is -0.520. The van der Waals surface area contributed by atoms with Crippen LogP contribution in [0.4, 0.5) is 0 Å². The van der Waals surface area contributed by atoms with Gasteiger partial charge in [-0.3, -0.25) is 9.59 Å². The molecule has 0 spiro atoms. The first-order valence-corrected chi connectivity index (χ1v) is 12.1. The number of aromatic amines is 1. The molecule has 8 nitrogen and oxygen atoms in total. The predicted octanol–water partition coefficient (Wildman–Crippen LogP) is 3.59. The summed E-state index contributed by atoms with van der Waals surface area (Å²) >= 11 is 0. The van der Waals surface area contributed by atoms with E-state index in [4.69, 9.17) is 18.9 Å². The van der Waals surface area contributed by atoms with Gasteiger partial charge >= 0.3 is 0 Å². The predicted molar refractivity (Wildman–Crippen MR) is 130 cm³/mol. The number of nitrogens with zero attached hydrogens (tertiary/aromatic N) is 1. The van der Waals surface area contributed by atoms with Gasteiger partial charge in [0.1, 0.15) is 13.2 Å². The summed E-state index contributed by atoms with van der Waals surface area (Å²) in [5.74, 6) is 2.62. The molecule has 0 saturated heterocycles. The minimum absolute atomic E-state index is 0.0244. The Labute approximate surface area is 202 Å². The second kappa shape index (κ2) is 8.52. The molecule has 1 saturated carbocycles. The Morgan fingerprint density at radius 3 is 2.37 bits per heavy atom. The van der Waals surface area contributed by atoms with Crippen LogP contribution in [0.1, 0.15) is 42.0 Å². The largest absolute Gasteiger partial charge is 0.493 e. The van der Waals surface area contributed by atoms with Gasteiger partial charge in [-0.1, -0.05) is 6.42 Å². The topological polar surface area (TPSA) is 90.1 Å². The summed E-state index contributed by atoms with van der Waals surface area (Å²) in [6.45, 7) is 1.50. The summed E-state index contributed by atoms with van der Waals surface area (Å²) in [6, 6.07) is 8.92. The number of pyridine rings is 1. The van der Waals surface area contributed by atoms with Gasteiger partial charge in [0.25, 0.3) is 5.56 Å². The average molecular weight is 477 g/mol. The molecule has 1 aromatic heterocycles. The van der Waals surface area contributed by atoms with E-state index in [0.29, 0.717) is 60.3 Å².